The normalized spacial score (nSPS) is 23.9. The predicted molar refractivity (Wildman–Crippen MR) is 128 cm³/mol. The van der Waals surface area contributed by atoms with Crippen molar-refractivity contribution >= 4 is 17.7 Å². The van der Waals surface area contributed by atoms with Crippen molar-refractivity contribution in [1.82, 2.24) is 14.7 Å². The number of hydrogen-bond donors (Lipinski definition) is 0. The van der Waals surface area contributed by atoms with Gasteiger partial charge in [0, 0.05) is 71.5 Å². The first-order valence-electron chi connectivity index (χ1n) is 11.6. The first kappa shape index (κ1) is 23.8. The Labute approximate surface area is 188 Å². The lowest BCUT2D eigenvalue weighted by molar-refractivity contribution is -0.141. The average molecular weight is 429 g/mol. The number of likely N-dealkylation sites (tertiary alicyclic amines) is 1. The summed E-state index contributed by atoms with van der Waals surface area (Å²) in [6, 6.07) is 9.24. The van der Waals surface area contributed by atoms with E-state index in [4.69, 9.17) is 4.74 Å². The van der Waals surface area contributed by atoms with Crippen LogP contribution < -0.4 is 4.90 Å². The number of anilines is 1. The number of esters is 1. The zero-order valence-corrected chi connectivity index (χ0v) is 19.8. The molecule has 6 heteroatoms. The molecule has 2 heterocycles. The topological polar surface area (TPSA) is 39.3 Å². The third-order valence-corrected chi connectivity index (χ3v) is 6.82. The summed E-state index contributed by atoms with van der Waals surface area (Å²) in [4.78, 5) is 21.5. The highest BCUT2D eigenvalue weighted by molar-refractivity contribution is 5.69. The molecule has 6 nitrogen and oxygen atoms in total. The molecule has 1 aromatic rings. The summed E-state index contributed by atoms with van der Waals surface area (Å²) in [5.41, 5.74) is 2.46. The summed E-state index contributed by atoms with van der Waals surface area (Å²) in [5, 5.41) is 0. The van der Waals surface area contributed by atoms with Crippen LogP contribution in [0.4, 0.5) is 5.69 Å². The first-order valence-corrected chi connectivity index (χ1v) is 11.6. The minimum atomic E-state index is -0.0877. The SMILES string of the molecule is COC(=O)CC[C@H]1CN(C/C=C/c2ccc(N(C)C)cc2)CC[C@H]1N1CCN(C)CC1. The van der Waals surface area contributed by atoms with Crippen molar-refractivity contribution in [3.05, 3.63) is 35.9 Å². The van der Waals surface area contributed by atoms with Gasteiger partial charge in [0.1, 0.15) is 0 Å². The molecule has 0 bridgehead atoms. The van der Waals surface area contributed by atoms with Gasteiger partial charge < -0.3 is 14.5 Å². The molecule has 0 aliphatic carbocycles. The second-order valence-electron chi connectivity index (χ2n) is 9.22. The molecular formula is C25H40N4O2. The summed E-state index contributed by atoms with van der Waals surface area (Å²) in [7, 11) is 7.82. The number of piperidine rings is 1. The third kappa shape index (κ3) is 7.06. The molecule has 2 saturated heterocycles. The van der Waals surface area contributed by atoms with Gasteiger partial charge in [-0.25, -0.2) is 0 Å². The number of nitrogens with zero attached hydrogens (tertiary/aromatic N) is 4. The van der Waals surface area contributed by atoms with Crippen LogP contribution in [0.3, 0.4) is 0 Å². The Morgan fingerprint density at radius 3 is 2.48 bits per heavy atom. The molecule has 3 rings (SSSR count). The Bertz CT molecular complexity index is 711. The zero-order valence-electron chi connectivity index (χ0n) is 19.8. The molecule has 0 aromatic heterocycles. The Balaban J connectivity index is 1.56. The smallest absolute Gasteiger partial charge is 0.305 e. The molecule has 31 heavy (non-hydrogen) atoms. The van der Waals surface area contributed by atoms with Crippen molar-refractivity contribution in [1.29, 1.82) is 0 Å². The number of methoxy groups -OCH3 is 1. The lowest BCUT2D eigenvalue weighted by atomic mass is 9.86. The molecule has 2 aliphatic rings. The van der Waals surface area contributed by atoms with Crippen LogP contribution in [-0.2, 0) is 9.53 Å². The fourth-order valence-electron chi connectivity index (χ4n) is 4.81. The second-order valence-corrected chi connectivity index (χ2v) is 9.22. The highest BCUT2D eigenvalue weighted by Gasteiger charge is 2.34. The maximum atomic E-state index is 11.8. The predicted octanol–water partition coefficient (Wildman–Crippen LogP) is 2.66. The van der Waals surface area contributed by atoms with Gasteiger partial charge in [0.2, 0.25) is 0 Å². The summed E-state index contributed by atoms with van der Waals surface area (Å²) >= 11 is 0. The molecule has 172 valence electrons. The van der Waals surface area contributed by atoms with Gasteiger partial charge in [-0.1, -0.05) is 24.3 Å². The number of piperazine rings is 1. The van der Waals surface area contributed by atoms with Crippen LogP contribution in [0.5, 0.6) is 0 Å². The fraction of sp³-hybridized carbons (Fsp3) is 0.640. The van der Waals surface area contributed by atoms with Gasteiger partial charge in [0.05, 0.1) is 7.11 Å². The molecule has 0 saturated carbocycles. The largest absolute Gasteiger partial charge is 0.469 e. The average Bonchev–Trinajstić information content (AvgIpc) is 2.78. The third-order valence-electron chi connectivity index (χ3n) is 6.82. The van der Waals surface area contributed by atoms with Crippen LogP contribution in [0.15, 0.2) is 30.3 Å². The van der Waals surface area contributed by atoms with Crippen molar-refractivity contribution in [3.8, 4) is 0 Å². The van der Waals surface area contributed by atoms with Gasteiger partial charge in [-0.2, -0.15) is 0 Å². The molecule has 0 unspecified atom stereocenters. The van der Waals surface area contributed by atoms with Crippen LogP contribution >= 0.6 is 0 Å². The monoisotopic (exact) mass is 428 g/mol. The summed E-state index contributed by atoms with van der Waals surface area (Å²) < 4.78 is 4.91. The molecule has 2 atom stereocenters. The standard InChI is InChI=1S/C25H40N4O2/c1-26(2)23-10-7-21(8-11-23)6-5-14-28-15-13-24(29-18-16-27(3)17-19-29)22(20-28)9-12-25(30)31-4/h5-8,10-11,22,24H,9,12-20H2,1-4H3/b6-5+/t22-,24+/m0/s1. The van der Waals surface area contributed by atoms with Gasteiger partial charge in [0.25, 0.3) is 0 Å². The Kier molecular flexibility index (Phi) is 8.93. The maximum Gasteiger partial charge on any atom is 0.305 e. The lowest BCUT2D eigenvalue weighted by Gasteiger charge is -2.46. The number of benzene rings is 1. The van der Waals surface area contributed by atoms with Crippen molar-refractivity contribution < 1.29 is 9.53 Å². The fourth-order valence-corrected chi connectivity index (χ4v) is 4.81. The number of likely N-dealkylation sites (N-methyl/N-ethyl adjacent to an activating group) is 1. The maximum absolute atomic E-state index is 11.8. The molecule has 0 amide bonds. The van der Waals surface area contributed by atoms with Crippen molar-refractivity contribution in [2.45, 2.75) is 25.3 Å². The molecule has 0 N–H and O–H groups in total. The lowest BCUT2D eigenvalue weighted by Crippen LogP contribution is -2.56. The van der Waals surface area contributed by atoms with E-state index in [0.717, 1.165) is 52.2 Å². The van der Waals surface area contributed by atoms with E-state index in [0.29, 0.717) is 18.4 Å². The number of carbonyl (C=O) groups excluding carboxylic acids is 1. The van der Waals surface area contributed by atoms with Crippen LogP contribution in [0.25, 0.3) is 6.08 Å². The van der Waals surface area contributed by atoms with Gasteiger partial charge in [0.15, 0.2) is 0 Å². The van der Waals surface area contributed by atoms with Gasteiger partial charge in [-0.05, 0) is 50.0 Å². The van der Waals surface area contributed by atoms with E-state index in [2.05, 4.69) is 77.2 Å². The van der Waals surface area contributed by atoms with E-state index in [1.54, 1.807) is 0 Å². The number of hydrogen-bond acceptors (Lipinski definition) is 6. The highest BCUT2D eigenvalue weighted by Crippen LogP contribution is 2.27. The van der Waals surface area contributed by atoms with Crippen molar-refractivity contribution in [2.24, 2.45) is 5.92 Å². The van der Waals surface area contributed by atoms with E-state index >= 15 is 0 Å². The minimum Gasteiger partial charge on any atom is -0.469 e. The Morgan fingerprint density at radius 1 is 1.13 bits per heavy atom. The van der Waals surface area contributed by atoms with E-state index in [1.165, 1.54) is 24.8 Å². The van der Waals surface area contributed by atoms with E-state index in [1.807, 2.05) is 0 Å². The Morgan fingerprint density at radius 2 is 1.84 bits per heavy atom. The first-order chi connectivity index (χ1) is 15.0. The zero-order chi connectivity index (χ0) is 22.2. The number of carbonyl (C=O) groups is 1. The van der Waals surface area contributed by atoms with Crippen molar-refractivity contribution in [3.63, 3.8) is 0 Å². The van der Waals surface area contributed by atoms with Crippen LogP contribution in [-0.4, -0.2) is 101 Å². The van der Waals surface area contributed by atoms with Gasteiger partial charge >= 0.3 is 5.97 Å². The molecule has 2 fully saturated rings. The summed E-state index contributed by atoms with van der Waals surface area (Å²) in [6.07, 6.45) is 7.11. The quantitative estimate of drug-likeness (QED) is 0.593. The molecule has 0 spiro atoms. The van der Waals surface area contributed by atoms with Crippen LogP contribution in [0.2, 0.25) is 0 Å². The highest BCUT2D eigenvalue weighted by atomic mass is 16.5. The molecule has 1 aromatic carbocycles. The minimum absolute atomic E-state index is 0.0877. The van der Waals surface area contributed by atoms with Crippen LogP contribution in [0.1, 0.15) is 24.8 Å². The Hall–Kier alpha value is -1.89. The van der Waals surface area contributed by atoms with Gasteiger partial charge in [-0.3, -0.25) is 14.6 Å². The van der Waals surface area contributed by atoms with E-state index < -0.39 is 0 Å². The van der Waals surface area contributed by atoms with Crippen LogP contribution in [0, 0.1) is 5.92 Å². The van der Waals surface area contributed by atoms with Crippen molar-refractivity contribution in [2.75, 3.05) is 79.0 Å². The molecule has 2 aliphatic heterocycles. The number of ether oxygens (including phenoxy) is 1. The second kappa shape index (κ2) is 11.7. The number of rotatable bonds is 8. The van der Waals surface area contributed by atoms with E-state index in [-0.39, 0.29) is 5.97 Å². The van der Waals surface area contributed by atoms with E-state index in [9.17, 15) is 4.79 Å². The molecule has 0 radical (unpaired) electrons. The van der Waals surface area contributed by atoms with Gasteiger partial charge in [-0.15, -0.1) is 0 Å². The summed E-state index contributed by atoms with van der Waals surface area (Å²) in [6.45, 7) is 7.68. The molecular weight excluding hydrogens is 388 g/mol. The summed E-state index contributed by atoms with van der Waals surface area (Å²) in [5.74, 6) is 0.430.